The van der Waals surface area contributed by atoms with Crippen LogP contribution in [0, 0.1) is 12.7 Å². The lowest BCUT2D eigenvalue weighted by Gasteiger charge is -2.15. The van der Waals surface area contributed by atoms with Crippen molar-refractivity contribution in [3.8, 4) is 0 Å². The second-order valence-electron chi connectivity index (χ2n) is 4.34. The molecule has 0 fully saturated rings. The molecule has 2 rings (SSSR count). The normalized spacial score (nSPS) is 11.2. The van der Waals surface area contributed by atoms with Gasteiger partial charge in [0.1, 0.15) is 11.6 Å². The van der Waals surface area contributed by atoms with Crippen LogP contribution in [0.25, 0.3) is 0 Å². The van der Waals surface area contributed by atoms with E-state index in [1.807, 2.05) is 31.0 Å². The highest BCUT2D eigenvalue weighted by atomic mass is 79.9. The quantitative estimate of drug-likeness (QED) is 0.865. The molecule has 0 spiro atoms. The molecule has 0 unspecified atom stereocenters. The summed E-state index contributed by atoms with van der Waals surface area (Å²) in [6.07, 6.45) is 0. The summed E-state index contributed by atoms with van der Waals surface area (Å²) in [5.74, 6) is 0.584. The van der Waals surface area contributed by atoms with E-state index < -0.39 is 0 Å². The van der Waals surface area contributed by atoms with Crippen LogP contribution in [0.2, 0.25) is 0 Å². The van der Waals surface area contributed by atoms with E-state index in [1.54, 1.807) is 6.07 Å². The van der Waals surface area contributed by atoms with Gasteiger partial charge in [0.2, 0.25) is 0 Å². The van der Waals surface area contributed by atoms with Crippen molar-refractivity contribution in [2.75, 3.05) is 7.05 Å². The average molecular weight is 313 g/mol. The van der Waals surface area contributed by atoms with E-state index >= 15 is 0 Å². The predicted octanol–water partition coefficient (Wildman–Crippen LogP) is 3.52. The lowest BCUT2D eigenvalue weighted by atomic mass is 10.2. The first kappa shape index (κ1) is 13.2. The molecule has 5 heteroatoms. The molecule has 96 valence electrons. The summed E-state index contributed by atoms with van der Waals surface area (Å²) in [5, 5.41) is 3.92. The van der Waals surface area contributed by atoms with E-state index in [-0.39, 0.29) is 5.82 Å². The number of rotatable bonds is 4. The fourth-order valence-electron chi connectivity index (χ4n) is 1.77. The van der Waals surface area contributed by atoms with Crippen LogP contribution in [-0.4, -0.2) is 17.1 Å². The van der Waals surface area contributed by atoms with E-state index in [9.17, 15) is 4.39 Å². The first-order valence-electron chi connectivity index (χ1n) is 5.59. The third kappa shape index (κ3) is 3.40. The summed E-state index contributed by atoms with van der Waals surface area (Å²) in [6, 6.07) is 6.98. The van der Waals surface area contributed by atoms with Crippen LogP contribution in [0.5, 0.6) is 0 Å². The van der Waals surface area contributed by atoms with E-state index in [0.29, 0.717) is 18.7 Å². The van der Waals surface area contributed by atoms with Crippen LogP contribution in [0.1, 0.15) is 17.0 Å². The molecule has 2 aromatic rings. The van der Waals surface area contributed by atoms with Crippen LogP contribution in [-0.2, 0) is 13.1 Å². The molecule has 0 N–H and O–H groups in total. The number of hydrogen-bond donors (Lipinski definition) is 0. The van der Waals surface area contributed by atoms with Gasteiger partial charge in [-0.2, -0.15) is 0 Å². The molecule has 0 aliphatic heterocycles. The van der Waals surface area contributed by atoms with Gasteiger partial charge in [0.15, 0.2) is 0 Å². The van der Waals surface area contributed by atoms with Crippen molar-refractivity contribution in [3.63, 3.8) is 0 Å². The highest BCUT2D eigenvalue weighted by molar-refractivity contribution is 9.10. The van der Waals surface area contributed by atoms with E-state index in [0.717, 1.165) is 15.9 Å². The third-order valence-electron chi connectivity index (χ3n) is 2.56. The summed E-state index contributed by atoms with van der Waals surface area (Å²) >= 11 is 3.24. The Kier molecular flexibility index (Phi) is 4.14. The molecule has 1 aromatic carbocycles. The van der Waals surface area contributed by atoms with Gasteiger partial charge < -0.3 is 4.52 Å². The SMILES string of the molecule is Cc1cc(CN(C)Cc2ccc(Br)cc2F)no1. The van der Waals surface area contributed by atoms with Crippen molar-refractivity contribution in [1.82, 2.24) is 10.1 Å². The maximum absolute atomic E-state index is 13.7. The maximum atomic E-state index is 13.7. The molecule has 0 aliphatic carbocycles. The largest absolute Gasteiger partial charge is 0.361 e. The predicted molar refractivity (Wildman–Crippen MR) is 70.5 cm³/mol. The summed E-state index contributed by atoms with van der Waals surface area (Å²) in [5.41, 5.74) is 1.52. The van der Waals surface area contributed by atoms with Gasteiger partial charge in [0.05, 0.1) is 5.69 Å². The topological polar surface area (TPSA) is 29.3 Å². The molecule has 0 bridgehead atoms. The van der Waals surface area contributed by atoms with Crippen molar-refractivity contribution >= 4 is 15.9 Å². The van der Waals surface area contributed by atoms with E-state index in [4.69, 9.17) is 4.52 Å². The van der Waals surface area contributed by atoms with Crippen molar-refractivity contribution in [2.24, 2.45) is 0 Å². The number of aromatic nitrogens is 1. The molecule has 18 heavy (non-hydrogen) atoms. The summed E-state index contributed by atoms with van der Waals surface area (Å²) < 4.78 is 19.4. The maximum Gasteiger partial charge on any atom is 0.133 e. The summed E-state index contributed by atoms with van der Waals surface area (Å²) in [7, 11) is 1.92. The van der Waals surface area contributed by atoms with Gasteiger partial charge >= 0.3 is 0 Å². The van der Waals surface area contributed by atoms with Gasteiger partial charge in [-0.3, -0.25) is 4.90 Å². The summed E-state index contributed by atoms with van der Waals surface area (Å²) in [4.78, 5) is 1.99. The number of aryl methyl sites for hydroxylation is 1. The second kappa shape index (κ2) is 5.63. The number of benzene rings is 1. The summed E-state index contributed by atoms with van der Waals surface area (Å²) in [6.45, 7) is 3.02. The van der Waals surface area contributed by atoms with Gasteiger partial charge in [0, 0.05) is 29.2 Å². The van der Waals surface area contributed by atoms with Crippen LogP contribution in [0.4, 0.5) is 4.39 Å². The Morgan fingerprint density at radius 3 is 2.72 bits per heavy atom. The highest BCUT2D eigenvalue weighted by Gasteiger charge is 2.09. The number of hydrogen-bond acceptors (Lipinski definition) is 3. The molecule has 0 atom stereocenters. The first-order chi connectivity index (χ1) is 8.54. The third-order valence-corrected chi connectivity index (χ3v) is 3.06. The molecular weight excluding hydrogens is 299 g/mol. The lowest BCUT2D eigenvalue weighted by molar-refractivity contribution is 0.298. The Balaban J connectivity index is 2.00. The molecule has 0 saturated heterocycles. The molecule has 0 amide bonds. The monoisotopic (exact) mass is 312 g/mol. The van der Waals surface area contributed by atoms with Gasteiger partial charge in [-0.05, 0) is 26.1 Å². The lowest BCUT2D eigenvalue weighted by Crippen LogP contribution is -2.18. The Morgan fingerprint density at radius 2 is 2.11 bits per heavy atom. The number of nitrogens with zero attached hydrogens (tertiary/aromatic N) is 2. The first-order valence-corrected chi connectivity index (χ1v) is 6.38. The zero-order valence-electron chi connectivity index (χ0n) is 10.3. The second-order valence-corrected chi connectivity index (χ2v) is 5.25. The minimum Gasteiger partial charge on any atom is -0.361 e. The Labute approximate surface area is 114 Å². The molecular formula is C13H14BrFN2O. The van der Waals surface area contributed by atoms with Crippen LogP contribution < -0.4 is 0 Å². The molecule has 1 heterocycles. The van der Waals surface area contributed by atoms with Gasteiger partial charge in [-0.15, -0.1) is 0 Å². The zero-order chi connectivity index (χ0) is 13.1. The minimum absolute atomic E-state index is 0.201. The van der Waals surface area contributed by atoms with Gasteiger partial charge in [0.25, 0.3) is 0 Å². The van der Waals surface area contributed by atoms with Crippen LogP contribution in [0.15, 0.2) is 33.3 Å². The standard InChI is InChI=1S/C13H14BrFN2O/c1-9-5-12(16-18-9)8-17(2)7-10-3-4-11(14)6-13(10)15/h3-6H,7-8H2,1-2H3. The van der Waals surface area contributed by atoms with Gasteiger partial charge in [-0.1, -0.05) is 27.2 Å². The zero-order valence-corrected chi connectivity index (χ0v) is 11.9. The van der Waals surface area contributed by atoms with E-state index in [2.05, 4.69) is 21.1 Å². The fraction of sp³-hybridized carbons (Fsp3) is 0.308. The van der Waals surface area contributed by atoms with E-state index in [1.165, 1.54) is 6.07 Å². The molecule has 1 aromatic heterocycles. The number of halogens is 2. The van der Waals surface area contributed by atoms with Crippen molar-refractivity contribution in [3.05, 3.63) is 51.6 Å². The Morgan fingerprint density at radius 1 is 1.33 bits per heavy atom. The highest BCUT2D eigenvalue weighted by Crippen LogP contribution is 2.17. The smallest absolute Gasteiger partial charge is 0.133 e. The fourth-order valence-corrected chi connectivity index (χ4v) is 2.10. The average Bonchev–Trinajstić information content (AvgIpc) is 2.68. The van der Waals surface area contributed by atoms with Crippen LogP contribution >= 0.6 is 15.9 Å². The van der Waals surface area contributed by atoms with Crippen molar-refractivity contribution in [2.45, 2.75) is 20.0 Å². The minimum atomic E-state index is -0.201. The Hall–Kier alpha value is -1.20. The molecule has 0 aliphatic rings. The molecule has 0 saturated carbocycles. The van der Waals surface area contributed by atoms with Crippen molar-refractivity contribution < 1.29 is 8.91 Å². The van der Waals surface area contributed by atoms with Gasteiger partial charge in [-0.25, -0.2) is 4.39 Å². The van der Waals surface area contributed by atoms with Crippen molar-refractivity contribution in [1.29, 1.82) is 0 Å². The Bertz CT molecular complexity index is 542. The molecule has 3 nitrogen and oxygen atoms in total. The molecule has 0 radical (unpaired) electrons. The van der Waals surface area contributed by atoms with Crippen LogP contribution in [0.3, 0.4) is 0 Å².